The van der Waals surface area contributed by atoms with Gasteiger partial charge in [0.15, 0.2) is 5.82 Å². The molecule has 0 atom stereocenters. The van der Waals surface area contributed by atoms with Gasteiger partial charge in [-0.2, -0.15) is 0 Å². The molecule has 0 aliphatic carbocycles. The Morgan fingerprint density at radius 1 is 1.29 bits per heavy atom. The van der Waals surface area contributed by atoms with Gasteiger partial charge in [-0.15, -0.1) is 0 Å². The largest absolute Gasteiger partial charge is 0.318 e. The van der Waals surface area contributed by atoms with Crippen LogP contribution in [0.25, 0.3) is 0 Å². The van der Waals surface area contributed by atoms with Crippen LogP contribution in [0.2, 0.25) is 5.02 Å². The van der Waals surface area contributed by atoms with Crippen molar-refractivity contribution in [3.8, 4) is 0 Å². The van der Waals surface area contributed by atoms with E-state index < -0.39 is 11.7 Å². The van der Waals surface area contributed by atoms with Crippen molar-refractivity contribution in [2.75, 3.05) is 5.32 Å². The molecule has 0 aliphatic rings. The molecule has 4 nitrogen and oxygen atoms in total. The van der Waals surface area contributed by atoms with E-state index in [-0.39, 0.29) is 11.4 Å². The number of carbonyl (C=O) groups is 1. The van der Waals surface area contributed by atoms with Gasteiger partial charge in [0.05, 0.1) is 16.9 Å². The molecule has 2 rings (SSSR count). The van der Waals surface area contributed by atoms with Crippen LogP contribution >= 0.6 is 11.6 Å². The number of nitrogens with zero attached hydrogens (tertiary/aromatic N) is 2. The molecule has 0 radical (unpaired) electrons. The van der Waals surface area contributed by atoms with Gasteiger partial charge in [-0.25, -0.2) is 9.37 Å². The number of amides is 1. The van der Waals surface area contributed by atoms with E-state index in [2.05, 4.69) is 15.3 Å². The van der Waals surface area contributed by atoms with Crippen molar-refractivity contribution in [1.82, 2.24) is 9.97 Å². The molecule has 86 valence electrons. The van der Waals surface area contributed by atoms with Gasteiger partial charge in [-0.1, -0.05) is 11.6 Å². The number of aromatic nitrogens is 2. The van der Waals surface area contributed by atoms with Gasteiger partial charge in [0.2, 0.25) is 0 Å². The molecule has 17 heavy (non-hydrogen) atoms. The maximum atomic E-state index is 13.2. The Balaban J connectivity index is 2.17. The quantitative estimate of drug-likeness (QED) is 0.892. The molecule has 2 aromatic rings. The summed E-state index contributed by atoms with van der Waals surface area (Å²) in [6.07, 6.45) is 3.75. The smallest absolute Gasteiger partial charge is 0.274 e. The minimum atomic E-state index is -0.602. The lowest BCUT2D eigenvalue weighted by molar-refractivity contribution is 0.102. The van der Waals surface area contributed by atoms with Crippen LogP contribution in [-0.2, 0) is 0 Å². The second kappa shape index (κ2) is 4.88. The number of anilines is 1. The average Bonchev–Trinajstić information content (AvgIpc) is 2.33. The normalized spacial score (nSPS) is 10.0. The molecule has 1 N–H and O–H groups in total. The molecule has 2 aromatic heterocycles. The summed E-state index contributed by atoms with van der Waals surface area (Å²) < 4.78 is 13.2. The van der Waals surface area contributed by atoms with Crippen molar-refractivity contribution in [3.63, 3.8) is 0 Å². The fourth-order valence-electron chi connectivity index (χ4n) is 1.17. The van der Waals surface area contributed by atoms with Crippen molar-refractivity contribution >= 4 is 23.2 Å². The third kappa shape index (κ3) is 2.76. The van der Waals surface area contributed by atoms with Gasteiger partial charge in [0.25, 0.3) is 5.91 Å². The van der Waals surface area contributed by atoms with E-state index in [1.54, 1.807) is 0 Å². The van der Waals surface area contributed by atoms with Crippen molar-refractivity contribution in [1.29, 1.82) is 0 Å². The van der Waals surface area contributed by atoms with E-state index in [0.29, 0.717) is 5.02 Å². The van der Waals surface area contributed by atoms with Gasteiger partial charge in [0, 0.05) is 12.4 Å². The van der Waals surface area contributed by atoms with Gasteiger partial charge in [0.1, 0.15) is 5.69 Å². The molecule has 0 aromatic carbocycles. The summed E-state index contributed by atoms with van der Waals surface area (Å²) in [7, 11) is 0. The van der Waals surface area contributed by atoms with Crippen LogP contribution in [0.5, 0.6) is 0 Å². The third-order valence-corrected chi connectivity index (χ3v) is 2.20. The third-order valence-electron chi connectivity index (χ3n) is 1.98. The lowest BCUT2D eigenvalue weighted by atomic mass is 10.3. The molecule has 0 spiro atoms. The zero-order valence-corrected chi connectivity index (χ0v) is 9.28. The molecular formula is C11H7ClFN3O. The molecular weight excluding hydrogens is 245 g/mol. The predicted octanol–water partition coefficient (Wildman–Crippen LogP) is 2.52. The van der Waals surface area contributed by atoms with Crippen LogP contribution in [0.3, 0.4) is 0 Å². The SMILES string of the molecule is O=C(Nc1ccncc1F)c1ccc(Cl)cn1. The highest BCUT2D eigenvalue weighted by Gasteiger charge is 2.09. The maximum absolute atomic E-state index is 13.2. The second-order valence-electron chi connectivity index (χ2n) is 3.17. The van der Waals surface area contributed by atoms with E-state index in [4.69, 9.17) is 11.6 Å². The Hall–Kier alpha value is -2.01. The van der Waals surface area contributed by atoms with Crippen LogP contribution in [0, 0.1) is 5.82 Å². The van der Waals surface area contributed by atoms with Gasteiger partial charge in [-0.05, 0) is 18.2 Å². The molecule has 0 saturated heterocycles. The molecule has 0 aliphatic heterocycles. The van der Waals surface area contributed by atoms with E-state index >= 15 is 0 Å². The fourth-order valence-corrected chi connectivity index (χ4v) is 1.28. The van der Waals surface area contributed by atoms with Crippen LogP contribution in [0.1, 0.15) is 10.5 Å². The highest BCUT2D eigenvalue weighted by atomic mass is 35.5. The summed E-state index contributed by atoms with van der Waals surface area (Å²) >= 11 is 5.64. The van der Waals surface area contributed by atoms with Crippen molar-refractivity contribution < 1.29 is 9.18 Å². The Bertz CT molecular complexity index is 545. The molecule has 6 heteroatoms. The number of nitrogens with one attached hydrogen (secondary N) is 1. The zero-order valence-electron chi connectivity index (χ0n) is 8.52. The zero-order chi connectivity index (χ0) is 12.3. The number of hydrogen-bond acceptors (Lipinski definition) is 3. The molecule has 1 amide bonds. The van der Waals surface area contributed by atoms with Gasteiger partial charge in [-0.3, -0.25) is 9.78 Å². The van der Waals surface area contributed by atoms with Crippen LogP contribution in [0.15, 0.2) is 36.8 Å². The molecule has 0 unspecified atom stereocenters. The second-order valence-corrected chi connectivity index (χ2v) is 3.61. The highest BCUT2D eigenvalue weighted by molar-refractivity contribution is 6.30. The topological polar surface area (TPSA) is 54.9 Å². The molecule has 0 saturated carbocycles. The first kappa shape index (κ1) is 11.5. The lowest BCUT2D eigenvalue weighted by Crippen LogP contribution is -2.14. The number of rotatable bonds is 2. The first-order valence-corrected chi connectivity index (χ1v) is 5.07. The summed E-state index contributed by atoms with van der Waals surface area (Å²) in [5.41, 5.74) is 0.215. The van der Waals surface area contributed by atoms with Crippen LogP contribution < -0.4 is 5.32 Å². The summed E-state index contributed by atoms with van der Waals surface area (Å²) in [6.45, 7) is 0. The molecule has 2 heterocycles. The Labute approximate surface area is 101 Å². The number of halogens is 2. The number of carbonyl (C=O) groups excluding carboxylic acids is 1. The Kier molecular flexibility index (Phi) is 3.30. The van der Waals surface area contributed by atoms with Gasteiger partial charge >= 0.3 is 0 Å². The van der Waals surface area contributed by atoms with Crippen molar-refractivity contribution in [3.05, 3.63) is 53.3 Å². The Morgan fingerprint density at radius 3 is 2.76 bits per heavy atom. The average molecular weight is 252 g/mol. The van der Waals surface area contributed by atoms with E-state index in [0.717, 1.165) is 6.20 Å². The first-order valence-electron chi connectivity index (χ1n) is 4.69. The minimum Gasteiger partial charge on any atom is -0.318 e. The first-order chi connectivity index (χ1) is 8.16. The predicted molar refractivity (Wildman–Crippen MR) is 61.4 cm³/mol. The maximum Gasteiger partial charge on any atom is 0.274 e. The highest BCUT2D eigenvalue weighted by Crippen LogP contribution is 2.13. The minimum absolute atomic E-state index is 0.0572. The van der Waals surface area contributed by atoms with E-state index in [9.17, 15) is 9.18 Å². The van der Waals surface area contributed by atoms with E-state index in [1.165, 1.54) is 30.6 Å². The van der Waals surface area contributed by atoms with Crippen LogP contribution in [0.4, 0.5) is 10.1 Å². The summed E-state index contributed by atoms with van der Waals surface area (Å²) in [5, 5.41) is 2.81. The van der Waals surface area contributed by atoms with Crippen molar-refractivity contribution in [2.45, 2.75) is 0 Å². The lowest BCUT2D eigenvalue weighted by Gasteiger charge is -2.04. The summed E-state index contributed by atoms with van der Waals surface area (Å²) in [6, 6.07) is 4.35. The standard InChI is InChI=1S/C11H7ClFN3O/c12-7-1-2-10(15-5-7)11(17)16-9-3-4-14-6-8(9)13/h1-6H,(H,14,16,17). The van der Waals surface area contributed by atoms with Gasteiger partial charge < -0.3 is 5.32 Å². The fraction of sp³-hybridized carbons (Fsp3) is 0. The van der Waals surface area contributed by atoms with Crippen LogP contribution in [-0.4, -0.2) is 15.9 Å². The molecule has 0 bridgehead atoms. The Morgan fingerprint density at radius 2 is 2.12 bits per heavy atom. The molecule has 0 fully saturated rings. The monoisotopic (exact) mass is 251 g/mol. The summed E-state index contributed by atoms with van der Waals surface area (Å²) in [4.78, 5) is 19.1. The van der Waals surface area contributed by atoms with E-state index in [1.807, 2.05) is 0 Å². The van der Waals surface area contributed by atoms with Crippen molar-refractivity contribution in [2.24, 2.45) is 0 Å². The number of pyridine rings is 2. The summed E-state index contributed by atoms with van der Waals surface area (Å²) in [5.74, 6) is -1.11. The number of hydrogen-bond donors (Lipinski definition) is 1.